The highest BCUT2D eigenvalue weighted by Crippen LogP contribution is 2.26. The number of amides is 1. The molecule has 1 amide bonds. The van der Waals surface area contributed by atoms with E-state index in [1.165, 1.54) is 19.2 Å². The molecule has 0 N–H and O–H groups in total. The van der Waals surface area contributed by atoms with Gasteiger partial charge in [-0.2, -0.15) is 0 Å². The maximum atomic E-state index is 12.8. The van der Waals surface area contributed by atoms with Crippen LogP contribution in [0.25, 0.3) is 10.8 Å². The number of carbonyl (C=O) groups is 3. The second-order valence-electron chi connectivity index (χ2n) is 6.25. The zero-order valence-electron chi connectivity index (χ0n) is 16.3. The van der Waals surface area contributed by atoms with E-state index in [1.807, 2.05) is 49.4 Å². The smallest absolute Gasteiger partial charge is 0.339 e. The third-order valence-electron chi connectivity index (χ3n) is 4.55. The predicted octanol–water partition coefficient (Wildman–Crippen LogP) is 3.84. The molecule has 0 bridgehead atoms. The number of ether oxygens (including phenoxy) is 2. The Hall–Kier alpha value is -3.67. The Morgan fingerprint density at radius 2 is 1.45 bits per heavy atom. The van der Waals surface area contributed by atoms with E-state index in [4.69, 9.17) is 4.74 Å². The second-order valence-corrected chi connectivity index (χ2v) is 6.25. The van der Waals surface area contributed by atoms with Gasteiger partial charge in [-0.3, -0.25) is 4.79 Å². The van der Waals surface area contributed by atoms with Crippen LogP contribution in [-0.4, -0.2) is 38.1 Å². The van der Waals surface area contributed by atoms with Gasteiger partial charge in [0.25, 0.3) is 5.91 Å². The molecule has 0 saturated heterocycles. The molecule has 0 spiro atoms. The molecule has 3 aromatic rings. The van der Waals surface area contributed by atoms with Crippen molar-refractivity contribution in [1.29, 1.82) is 0 Å². The highest BCUT2D eigenvalue weighted by molar-refractivity contribution is 6.06. The lowest BCUT2D eigenvalue weighted by atomic mass is 10.1. The van der Waals surface area contributed by atoms with Crippen molar-refractivity contribution in [2.45, 2.75) is 6.92 Å². The average molecular weight is 391 g/mol. The highest BCUT2D eigenvalue weighted by atomic mass is 16.5. The molecule has 0 unspecified atom stereocenters. The van der Waals surface area contributed by atoms with Crippen LogP contribution in [-0.2, 0) is 14.3 Å². The van der Waals surface area contributed by atoms with Crippen LogP contribution in [0.3, 0.4) is 0 Å². The summed E-state index contributed by atoms with van der Waals surface area (Å²) in [6.07, 6.45) is 0. The molecule has 3 aromatic carbocycles. The summed E-state index contributed by atoms with van der Waals surface area (Å²) in [4.78, 5) is 38.6. The molecule has 148 valence electrons. The van der Waals surface area contributed by atoms with Gasteiger partial charge in [-0.15, -0.1) is 0 Å². The third-order valence-corrected chi connectivity index (χ3v) is 4.55. The number of anilines is 1. The molecule has 0 fully saturated rings. The van der Waals surface area contributed by atoms with Gasteiger partial charge in [-0.1, -0.05) is 48.5 Å². The zero-order valence-corrected chi connectivity index (χ0v) is 16.3. The van der Waals surface area contributed by atoms with E-state index in [-0.39, 0.29) is 17.0 Å². The largest absolute Gasteiger partial charge is 0.465 e. The molecule has 0 aliphatic heterocycles. The third kappa shape index (κ3) is 4.27. The number of likely N-dealkylation sites (N-methyl/N-ethyl adjacent to an activating group) is 1. The molecule has 29 heavy (non-hydrogen) atoms. The molecule has 0 aliphatic carbocycles. The fourth-order valence-electron chi connectivity index (χ4n) is 3.16. The quantitative estimate of drug-likeness (QED) is 0.597. The van der Waals surface area contributed by atoms with E-state index in [0.717, 1.165) is 16.5 Å². The van der Waals surface area contributed by atoms with E-state index in [9.17, 15) is 14.4 Å². The summed E-state index contributed by atoms with van der Waals surface area (Å²) < 4.78 is 9.89. The summed E-state index contributed by atoms with van der Waals surface area (Å²) in [5.41, 5.74) is 0.899. The van der Waals surface area contributed by atoms with Crippen LogP contribution in [0.5, 0.6) is 0 Å². The Bertz CT molecular complexity index is 1050. The van der Waals surface area contributed by atoms with Crippen LogP contribution in [0.2, 0.25) is 0 Å². The van der Waals surface area contributed by atoms with E-state index < -0.39 is 18.5 Å². The lowest BCUT2D eigenvalue weighted by Crippen LogP contribution is -2.34. The van der Waals surface area contributed by atoms with Crippen molar-refractivity contribution >= 4 is 34.3 Å². The summed E-state index contributed by atoms with van der Waals surface area (Å²) in [5.74, 6) is -1.75. The Labute approximate surface area is 168 Å². The predicted molar refractivity (Wildman–Crippen MR) is 110 cm³/mol. The first-order valence-electron chi connectivity index (χ1n) is 9.19. The van der Waals surface area contributed by atoms with E-state index in [2.05, 4.69) is 4.74 Å². The average Bonchev–Trinajstić information content (AvgIpc) is 2.77. The number of rotatable bonds is 6. The molecule has 0 aliphatic rings. The maximum Gasteiger partial charge on any atom is 0.339 e. The van der Waals surface area contributed by atoms with E-state index >= 15 is 0 Å². The molecule has 0 radical (unpaired) electrons. The topological polar surface area (TPSA) is 72.9 Å². The van der Waals surface area contributed by atoms with E-state index in [1.54, 1.807) is 17.0 Å². The molecule has 0 aromatic heterocycles. The molecule has 0 heterocycles. The van der Waals surface area contributed by atoms with Crippen molar-refractivity contribution in [2.24, 2.45) is 0 Å². The molecule has 3 rings (SSSR count). The second kappa shape index (κ2) is 9.01. The SMILES string of the molecule is CCN(C(=O)COC(=O)c1ccccc1C(=O)OC)c1cccc2ccccc12. The number of nitrogens with zero attached hydrogens (tertiary/aromatic N) is 1. The normalized spacial score (nSPS) is 10.4. The van der Waals surface area contributed by atoms with Gasteiger partial charge < -0.3 is 14.4 Å². The van der Waals surface area contributed by atoms with Crippen LogP contribution >= 0.6 is 0 Å². The minimum atomic E-state index is -0.756. The summed E-state index contributed by atoms with van der Waals surface area (Å²) in [6, 6.07) is 19.6. The van der Waals surface area contributed by atoms with Gasteiger partial charge in [-0.05, 0) is 30.5 Å². The van der Waals surface area contributed by atoms with Crippen molar-refractivity contribution in [3.63, 3.8) is 0 Å². The first-order valence-corrected chi connectivity index (χ1v) is 9.19. The number of hydrogen-bond donors (Lipinski definition) is 0. The Morgan fingerprint density at radius 3 is 2.14 bits per heavy atom. The summed E-state index contributed by atoms with van der Waals surface area (Å²) in [7, 11) is 1.23. The number of esters is 2. The Kier molecular flexibility index (Phi) is 6.24. The maximum absolute atomic E-state index is 12.8. The minimum Gasteiger partial charge on any atom is -0.465 e. The van der Waals surface area contributed by atoms with Gasteiger partial charge in [0, 0.05) is 11.9 Å². The lowest BCUT2D eigenvalue weighted by molar-refractivity contribution is -0.121. The van der Waals surface area contributed by atoms with Crippen LogP contribution in [0.4, 0.5) is 5.69 Å². The number of benzene rings is 3. The Balaban J connectivity index is 1.78. The molecule has 6 heteroatoms. The Morgan fingerprint density at radius 1 is 0.828 bits per heavy atom. The molecule has 0 atom stereocenters. The highest BCUT2D eigenvalue weighted by Gasteiger charge is 2.21. The zero-order chi connectivity index (χ0) is 20.8. The van der Waals surface area contributed by atoms with Crippen LogP contribution in [0, 0.1) is 0 Å². The van der Waals surface area contributed by atoms with Gasteiger partial charge in [0.05, 0.1) is 23.9 Å². The lowest BCUT2D eigenvalue weighted by Gasteiger charge is -2.22. The van der Waals surface area contributed by atoms with Crippen molar-refractivity contribution in [3.05, 3.63) is 77.9 Å². The molecular weight excluding hydrogens is 370 g/mol. The van der Waals surface area contributed by atoms with Gasteiger partial charge in [0.1, 0.15) is 0 Å². The van der Waals surface area contributed by atoms with Crippen LogP contribution < -0.4 is 4.90 Å². The van der Waals surface area contributed by atoms with Crippen molar-refractivity contribution in [2.75, 3.05) is 25.2 Å². The van der Waals surface area contributed by atoms with Gasteiger partial charge >= 0.3 is 11.9 Å². The minimum absolute atomic E-state index is 0.0559. The van der Waals surface area contributed by atoms with Crippen molar-refractivity contribution in [3.8, 4) is 0 Å². The first kappa shape index (κ1) is 20.1. The number of hydrogen-bond acceptors (Lipinski definition) is 5. The van der Waals surface area contributed by atoms with Gasteiger partial charge in [0.15, 0.2) is 6.61 Å². The van der Waals surface area contributed by atoms with Crippen molar-refractivity contribution < 1.29 is 23.9 Å². The van der Waals surface area contributed by atoms with Crippen molar-refractivity contribution in [1.82, 2.24) is 0 Å². The molecular formula is C23H21NO5. The van der Waals surface area contributed by atoms with Crippen LogP contribution in [0.1, 0.15) is 27.6 Å². The van der Waals surface area contributed by atoms with E-state index in [0.29, 0.717) is 6.54 Å². The molecule has 6 nitrogen and oxygen atoms in total. The van der Waals surface area contributed by atoms with Crippen LogP contribution in [0.15, 0.2) is 66.7 Å². The fraction of sp³-hybridized carbons (Fsp3) is 0.174. The summed E-state index contributed by atoms with van der Waals surface area (Å²) in [5, 5.41) is 1.95. The number of fused-ring (bicyclic) bond motifs is 1. The summed E-state index contributed by atoms with van der Waals surface area (Å²) >= 11 is 0. The molecule has 0 saturated carbocycles. The monoisotopic (exact) mass is 391 g/mol. The standard InChI is InChI=1S/C23H21NO5/c1-3-24(20-14-8-10-16-9-4-5-11-17(16)20)21(25)15-29-23(27)19-13-7-6-12-18(19)22(26)28-2/h4-14H,3,15H2,1-2H3. The number of methoxy groups -OCH3 is 1. The van der Waals surface area contributed by atoms with Gasteiger partial charge in [0.2, 0.25) is 0 Å². The summed E-state index contributed by atoms with van der Waals surface area (Å²) in [6.45, 7) is 1.84. The number of carbonyl (C=O) groups excluding carboxylic acids is 3. The fourth-order valence-corrected chi connectivity index (χ4v) is 3.16. The van der Waals surface area contributed by atoms with Gasteiger partial charge in [-0.25, -0.2) is 9.59 Å². The first-order chi connectivity index (χ1) is 14.1.